The minimum atomic E-state index is -0.562. The van der Waals surface area contributed by atoms with E-state index in [4.69, 9.17) is 14.2 Å². The van der Waals surface area contributed by atoms with Gasteiger partial charge in [-0.1, -0.05) is 11.8 Å². The molecular formula is C20H30N2O6S. The number of rotatable bonds is 9. The molecule has 0 aliphatic carbocycles. The summed E-state index contributed by atoms with van der Waals surface area (Å²) in [5.41, 5.74) is 0.727. The molecular weight excluding hydrogens is 396 g/mol. The fourth-order valence-corrected chi connectivity index (χ4v) is 2.94. The van der Waals surface area contributed by atoms with Crippen molar-refractivity contribution in [1.29, 1.82) is 0 Å². The third-order valence-corrected chi connectivity index (χ3v) is 4.39. The number of anilines is 1. The van der Waals surface area contributed by atoms with Crippen LogP contribution in [-0.4, -0.2) is 49.2 Å². The van der Waals surface area contributed by atoms with Crippen LogP contribution in [-0.2, 0) is 20.7 Å². The zero-order chi connectivity index (χ0) is 22.0. The number of hydrogen-bond donors (Lipinski definition) is 2. The van der Waals surface area contributed by atoms with Crippen molar-refractivity contribution in [2.75, 3.05) is 31.8 Å². The van der Waals surface area contributed by atoms with E-state index in [1.54, 1.807) is 32.9 Å². The summed E-state index contributed by atoms with van der Waals surface area (Å²) in [5, 5.41) is 5.45. The van der Waals surface area contributed by atoms with Crippen molar-refractivity contribution in [3.63, 3.8) is 0 Å². The van der Waals surface area contributed by atoms with Gasteiger partial charge >= 0.3 is 6.09 Å². The molecule has 1 aromatic carbocycles. The van der Waals surface area contributed by atoms with Gasteiger partial charge in [-0.3, -0.25) is 9.59 Å². The predicted octanol–water partition coefficient (Wildman–Crippen LogP) is 3.38. The number of carbonyl (C=O) groups is 3. The topological polar surface area (TPSA) is 103 Å². The lowest BCUT2D eigenvalue weighted by atomic mass is 10.1. The van der Waals surface area contributed by atoms with Crippen molar-refractivity contribution in [2.24, 2.45) is 0 Å². The second-order valence-electron chi connectivity index (χ2n) is 7.18. The lowest BCUT2D eigenvalue weighted by Gasteiger charge is -2.20. The molecule has 0 aromatic heterocycles. The molecule has 1 aromatic rings. The number of methoxy groups -OCH3 is 2. The molecule has 2 N–H and O–H groups in total. The van der Waals surface area contributed by atoms with Crippen LogP contribution in [0.15, 0.2) is 12.1 Å². The summed E-state index contributed by atoms with van der Waals surface area (Å²) < 4.78 is 16.0. The molecule has 0 heterocycles. The normalized spacial score (nSPS) is 10.8. The van der Waals surface area contributed by atoms with Gasteiger partial charge in [-0.15, -0.1) is 0 Å². The summed E-state index contributed by atoms with van der Waals surface area (Å²) in [7, 11) is 3.04. The SMILES string of the molecule is COc1cc(NC(=O)CCSC(C)=O)c(OC)cc1CCNC(=O)OC(C)(C)C. The van der Waals surface area contributed by atoms with Crippen LogP contribution >= 0.6 is 11.8 Å². The fraction of sp³-hybridized carbons (Fsp3) is 0.550. The summed E-state index contributed by atoms with van der Waals surface area (Å²) in [6.45, 7) is 7.21. The van der Waals surface area contributed by atoms with Gasteiger partial charge in [0.15, 0.2) is 5.12 Å². The van der Waals surface area contributed by atoms with Crippen LogP contribution in [0, 0.1) is 0 Å². The second kappa shape index (κ2) is 11.5. The Morgan fingerprint density at radius 3 is 2.28 bits per heavy atom. The molecule has 0 radical (unpaired) electrons. The third kappa shape index (κ3) is 9.56. The molecule has 0 spiro atoms. The van der Waals surface area contributed by atoms with E-state index in [1.807, 2.05) is 0 Å². The van der Waals surface area contributed by atoms with Gasteiger partial charge < -0.3 is 24.8 Å². The van der Waals surface area contributed by atoms with Crippen LogP contribution in [0.5, 0.6) is 11.5 Å². The molecule has 2 amide bonds. The molecule has 0 bridgehead atoms. The Labute approximate surface area is 176 Å². The summed E-state index contributed by atoms with van der Waals surface area (Å²) >= 11 is 1.10. The maximum Gasteiger partial charge on any atom is 0.407 e. The lowest BCUT2D eigenvalue weighted by Crippen LogP contribution is -2.33. The van der Waals surface area contributed by atoms with Crippen molar-refractivity contribution >= 4 is 34.6 Å². The van der Waals surface area contributed by atoms with Crippen LogP contribution in [0.3, 0.4) is 0 Å². The highest BCUT2D eigenvalue weighted by molar-refractivity contribution is 8.13. The highest BCUT2D eigenvalue weighted by Crippen LogP contribution is 2.33. The van der Waals surface area contributed by atoms with Crippen molar-refractivity contribution in [3.05, 3.63) is 17.7 Å². The Kier molecular flexibility index (Phi) is 9.80. The molecule has 29 heavy (non-hydrogen) atoms. The van der Waals surface area contributed by atoms with Gasteiger partial charge in [0.05, 0.1) is 19.9 Å². The first kappa shape index (κ1) is 24.6. The summed E-state index contributed by atoms with van der Waals surface area (Å²) in [6, 6.07) is 3.44. The monoisotopic (exact) mass is 426 g/mol. The van der Waals surface area contributed by atoms with Crippen LogP contribution in [0.1, 0.15) is 39.7 Å². The van der Waals surface area contributed by atoms with E-state index in [2.05, 4.69) is 10.6 Å². The van der Waals surface area contributed by atoms with Crippen LogP contribution in [0.2, 0.25) is 0 Å². The van der Waals surface area contributed by atoms with Crippen molar-refractivity contribution in [1.82, 2.24) is 5.32 Å². The molecule has 0 aliphatic heterocycles. The lowest BCUT2D eigenvalue weighted by molar-refractivity contribution is -0.115. The maximum absolute atomic E-state index is 12.1. The summed E-state index contributed by atoms with van der Waals surface area (Å²) in [5.74, 6) is 1.23. The minimum Gasteiger partial charge on any atom is -0.496 e. The van der Waals surface area contributed by atoms with Crippen LogP contribution in [0.25, 0.3) is 0 Å². The largest absolute Gasteiger partial charge is 0.496 e. The van der Waals surface area contributed by atoms with E-state index in [9.17, 15) is 14.4 Å². The van der Waals surface area contributed by atoms with E-state index in [0.29, 0.717) is 35.9 Å². The number of benzene rings is 1. The van der Waals surface area contributed by atoms with Gasteiger partial charge in [0, 0.05) is 31.7 Å². The quantitative estimate of drug-likeness (QED) is 0.624. The van der Waals surface area contributed by atoms with E-state index in [1.165, 1.54) is 21.1 Å². The van der Waals surface area contributed by atoms with Crippen LogP contribution < -0.4 is 20.1 Å². The number of nitrogens with one attached hydrogen (secondary N) is 2. The molecule has 0 atom stereocenters. The van der Waals surface area contributed by atoms with E-state index in [-0.39, 0.29) is 17.4 Å². The molecule has 0 saturated carbocycles. The van der Waals surface area contributed by atoms with Gasteiger partial charge in [0.25, 0.3) is 0 Å². The van der Waals surface area contributed by atoms with E-state index < -0.39 is 11.7 Å². The number of ether oxygens (including phenoxy) is 3. The Hall–Kier alpha value is -2.42. The highest BCUT2D eigenvalue weighted by atomic mass is 32.2. The highest BCUT2D eigenvalue weighted by Gasteiger charge is 2.17. The van der Waals surface area contributed by atoms with Crippen molar-refractivity contribution in [2.45, 2.75) is 46.1 Å². The fourth-order valence-electron chi connectivity index (χ4n) is 2.37. The Morgan fingerprint density at radius 1 is 1.07 bits per heavy atom. The maximum atomic E-state index is 12.1. The number of hydrogen-bond acceptors (Lipinski definition) is 7. The third-order valence-electron chi connectivity index (χ3n) is 3.57. The summed E-state index contributed by atoms with van der Waals surface area (Å²) in [6.07, 6.45) is 0.204. The van der Waals surface area contributed by atoms with Gasteiger partial charge in [0.2, 0.25) is 5.91 Å². The molecule has 1 rings (SSSR count). The predicted molar refractivity (Wildman–Crippen MR) is 114 cm³/mol. The number of alkyl carbamates (subject to hydrolysis) is 1. The minimum absolute atomic E-state index is 0.0265. The molecule has 162 valence electrons. The smallest absolute Gasteiger partial charge is 0.407 e. The van der Waals surface area contributed by atoms with Crippen LogP contribution in [0.4, 0.5) is 10.5 Å². The zero-order valence-corrected chi connectivity index (χ0v) is 18.7. The van der Waals surface area contributed by atoms with E-state index in [0.717, 1.165) is 17.3 Å². The molecule has 0 fully saturated rings. The van der Waals surface area contributed by atoms with Crippen molar-refractivity contribution < 1.29 is 28.6 Å². The average molecular weight is 427 g/mol. The average Bonchev–Trinajstić information content (AvgIpc) is 2.60. The number of carbonyl (C=O) groups excluding carboxylic acids is 3. The molecule has 0 saturated heterocycles. The first-order chi connectivity index (χ1) is 13.6. The van der Waals surface area contributed by atoms with E-state index >= 15 is 0 Å². The molecule has 8 nitrogen and oxygen atoms in total. The van der Waals surface area contributed by atoms with Gasteiger partial charge in [-0.25, -0.2) is 4.79 Å². The standard InChI is InChI=1S/C20H30N2O6S/c1-13(23)29-10-8-18(24)22-15-12-16(26-5)14(11-17(15)27-6)7-9-21-19(25)28-20(2,3)4/h11-12H,7-10H2,1-6H3,(H,21,25)(H,22,24). The number of amides is 2. The van der Waals surface area contributed by atoms with Gasteiger partial charge in [-0.2, -0.15) is 0 Å². The van der Waals surface area contributed by atoms with Gasteiger partial charge in [-0.05, 0) is 38.8 Å². The Balaban J connectivity index is 2.77. The Morgan fingerprint density at radius 2 is 1.72 bits per heavy atom. The van der Waals surface area contributed by atoms with Crippen molar-refractivity contribution in [3.8, 4) is 11.5 Å². The molecule has 0 unspecified atom stereocenters. The Bertz CT molecular complexity index is 730. The second-order valence-corrected chi connectivity index (χ2v) is 8.45. The molecule has 0 aliphatic rings. The van der Waals surface area contributed by atoms with Gasteiger partial charge in [0.1, 0.15) is 17.1 Å². The first-order valence-electron chi connectivity index (χ1n) is 9.20. The molecule has 9 heteroatoms. The first-order valence-corrected chi connectivity index (χ1v) is 10.2. The summed E-state index contributed by atoms with van der Waals surface area (Å²) in [4.78, 5) is 34.8. The zero-order valence-electron chi connectivity index (χ0n) is 17.8. The number of thioether (sulfide) groups is 1.